The Labute approximate surface area is 111 Å². The molecule has 0 saturated carbocycles. The molecule has 0 aromatic rings. The maximum absolute atomic E-state index is 14.7. The Morgan fingerprint density at radius 1 is 1.06 bits per heavy atom. The molecule has 0 aliphatic heterocycles. The predicted octanol–water partition coefficient (Wildman–Crippen LogP) is 2.52. The van der Waals surface area contributed by atoms with Crippen LogP contribution in [-0.2, 0) is 18.9 Å². The number of halogens is 1. The van der Waals surface area contributed by atoms with E-state index in [1.54, 1.807) is 20.2 Å². The van der Waals surface area contributed by atoms with E-state index in [1.807, 2.05) is 20.8 Å². The van der Waals surface area contributed by atoms with Crippen molar-refractivity contribution in [1.82, 2.24) is 0 Å². The van der Waals surface area contributed by atoms with Gasteiger partial charge >= 0.3 is 8.41 Å². The van der Waals surface area contributed by atoms with Crippen LogP contribution in [0.15, 0.2) is 0 Å². The van der Waals surface area contributed by atoms with E-state index in [-0.39, 0.29) is 6.61 Å². The average Bonchev–Trinajstić information content (AvgIpc) is 2.27. The standard InChI is InChI=1S/C12H27FO4Si/c1-7-15-11(10-14-4)12(16-8-2,17-9-3)18(5,6)13/h11H,7-10H2,1-6H3. The second-order valence-electron chi connectivity index (χ2n) is 4.41. The van der Waals surface area contributed by atoms with Crippen LogP contribution in [-0.4, -0.2) is 53.5 Å². The molecule has 0 aliphatic rings. The smallest absolute Gasteiger partial charge is 0.307 e. The summed E-state index contributed by atoms with van der Waals surface area (Å²) in [6.07, 6.45) is -0.556. The molecule has 0 aromatic heterocycles. The Balaban J connectivity index is 5.32. The Morgan fingerprint density at radius 2 is 1.56 bits per heavy atom. The quantitative estimate of drug-likeness (QED) is 0.350. The zero-order valence-electron chi connectivity index (χ0n) is 12.4. The lowest BCUT2D eigenvalue weighted by atomic mass is 10.3. The Hall–Kier alpha value is -0.0131. The van der Waals surface area contributed by atoms with Gasteiger partial charge in [0, 0.05) is 26.9 Å². The van der Waals surface area contributed by atoms with Gasteiger partial charge in [0.05, 0.1) is 6.61 Å². The molecule has 0 N–H and O–H groups in total. The van der Waals surface area contributed by atoms with Crippen LogP contribution in [0.2, 0.25) is 13.1 Å². The van der Waals surface area contributed by atoms with E-state index in [2.05, 4.69) is 0 Å². The molecular weight excluding hydrogens is 255 g/mol. The first kappa shape index (κ1) is 18.0. The molecule has 0 rings (SSSR count). The molecule has 6 heteroatoms. The molecule has 18 heavy (non-hydrogen) atoms. The first-order valence-corrected chi connectivity index (χ1v) is 9.34. The molecule has 0 fully saturated rings. The molecular formula is C12H27FO4Si. The number of methoxy groups -OCH3 is 1. The lowest BCUT2D eigenvalue weighted by Gasteiger charge is -2.43. The Kier molecular flexibility index (Phi) is 8.21. The van der Waals surface area contributed by atoms with Crippen LogP contribution in [0.25, 0.3) is 0 Å². The Bertz CT molecular complexity index is 209. The minimum atomic E-state index is -3.27. The van der Waals surface area contributed by atoms with Crippen LogP contribution < -0.4 is 0 Å². The minimum Gasteiger partial charge on any atom is -0.382 e. The van der Waals surface area contributed by atoms with Crippen molar-refractivity contribution < 1.29 is 23.1 Å². The zero-order chi connectivity index (χ0) is 14.2. The monoisotopic (exact) mass is 282 g/mol. The van der Waals surface area contributed by atoms with Gasteiger partial charge < -0.3 is 23.1 Å². The van der Waals surface area contributed by atoms with Crippen molar-refractivity contribution in [2.24, 2.45) is 0 Å². The second kappa shape index (κ2) is 8.22. The van der Waals surface area contributed by atoms with Crippen molar-refractivity contribution >= 4 is 8.41 Å². The topological polar surface area (TPSA) is 36.9 Å². The normalized spacial score (nSPS) is 14.8. The molecule has 0 aliphatic carbocycles. The summed E-state index contributed by atoms with van der Waals surface area (Å²) in [5.41, 5.74) is -1.32. The molecule has 110 valence electrons. The maximum Gasteiger partial charge on any atom is 0.307 e. The van der Waals surface area contributed by atoms with E-state index in [0.717, 1.165) is 0 Å². The van der Waals surface area contributed by atoms with E-state index in [1.165, 1.54) is 0 Å². The summed E-state index contributed by atoms with van der Waals surface area (Å²) in [4.78, 5) is 0. The summed E-state index contributed by atoms with van der Waals surface area (Å²) in [6.45, 7) is 10.1. The van der Waals surface area contributed by atoms with Gasteiger partial charge in [0.1, 0.15) is 6.10 Å². The van der Waals surface area contributed by atoms with Gasteiger partial charge in [0.2, 0.25) is 5.41 Å². The fraction of sp³-hybridized carbons (Fsp3) is 1.00. The van der Waals surface area contributed by atoms with Gasteiger partial charge in [-0.1, -0.05) is 0 Å². The first-order valence-electron chi connectivity index (χ1n) is 6.46. The summed E-state index contributed by atoms with van der Waals surface area (Å²) in [5.74, 6) is 0. The lowest BCUT2D eigenvalue weighted by molar-refractivity contribution is -0.254. The number of hydrogen-bond donors (Lipinski definition) is 0. The highest BCUT2D eigenvalue weighted by atomic mass is 28.4. The van der Waals surface area contributed by atoms with Gasteiger partial charge in [-0.15, -0.1) is 0 Å². The lowest BCUT2D eigenvalue weighted by Crippen LogP contribution is -2.65. The van der Waals surface area contributed by atoms with Crippen LogP contribution in [0.5, 0.6) is 0 Å². The molecule has 0 amide bonds. The van der Waals surface area contributed by atoms with E-state index in [0.29, 0.717) is 19.8 Å². The fourth-order valence-electron chi connectivity index (χ4n) is 2.00. The van der Waals surface area contributed by atoms with Gasteiger partial charge in [-0.25, -0.2) is 0 Å². The van der Waals surface area contributed by atoms with Crippen LogP contribution >= 0.6 is 0 Å². The minimum absolute atomic E-state index is 0.244. The molecule has 0 bridgehead atoms. The van der Waals surface area contributed by atoms with Gasteiger partial charge in [-0.2, -0.15) is 0 Å². The highest BCUT2D eigenvalue weighted by Crippen LogP contribution is 2.33. The molecule has 1 atom stereocenters. The number of ether oxygens (including phenoxy) is 4. The van der Waals surface area contributed by atoms with Crippen molar-refractivity contribution in [1.29, 1.82) is 0 Å². The summed E-state index contributed by atoms with van der Waals surface area (Å²) >= 11 is 0. The summed E-state index contributed by atoms with van der Waals surface area (Å²) in [7, 11) is -1.71. The molecule has 0 aromatic carbocycles. The second-order valence-corrected chi connectivity index (χ2v) is 8.05. The highest BCUT2D eigenvalue weighted by Gasteiger charge is 2.57. The van der Waals surface area contributed by atoms with Crippen LogP contribution in [0.1, 0.15) is 20.8 Å². The number of hydrogen-bond acceptors (Lipinski definition) is 4. The maximum atomic E-state index is 14.7. The third-order valence-corrected chi connectivity index (χ3v) is 4.92. The Morgan fingerprint density at radius 3 is 1.83 bits per heavy atom. The average molecular weight is 282 g/mol. The van der Waals surface area contributed by atoms with Crippen LogP contribution in [0.4, 0.5) is 4.11 Å². The molecule has 1 unspecified atom stereocenters. The van der Waals surface area contributed by atoms with Crippen LogP contribution in [0.3, 0.4) is 0 Å². The van der Waals surface area contributed by atoms with Crippen LogP contribution in [0, 0.1) is 0 Å². The third-order valence-electron chi connectivity index (χ3n) is 2.66. The zero-order valence-corrected chi connectivity index (χ0v) is 13.4. The summed E-state index contributed by atoms with van der Waals surface area (Å²) < 4.78 is 36.8. The predicted molar refractivity (Wildman–Crippen MR) is 71.9 cm³/mol. The largest absolute Gasteiger partial charge is 0.382 e. The van der Waals surface area contributed by atoms with E-state index in [4.69, 9.17) is 18.9 Å². The number of rotatable bonds is 10. The third kappa shape index (κ3) is 4.27. The summed E-state index contributed by atoms with van der Waals surface area (Å²) in [5, 5.41) is 0. The molecule has 0 heterocycles. The SMILES string of the molecule is CCOC(COC)C(OCC)(OCC)[Si](C)(C)F. The summed E-state index contributed by atoms with van der Waals surface area (Å²) in [6, 6.07) is 0. The van der Waals surface area contributed by atoms with Crippen molar-refractivity contribution in [3.05, 3.63) is 0 Å². The molecule has 0 saturated heterocycles. The van der Waals surface area contributed by atoms with Crippen molar-refractivity contribution in [3.63, 3.8) is 0 Å². The van der Waals surface area contributed by atoms with Crippen molar-refractivity contribution in [3.8, 4) is 0 Å². The van der Waals surface area contributed by atoms with Gasteiger partial charge in [-0.3, -0.25) is 0 Å². The van der Waals surface area contributed by atoms with Gasteiger partial charge in [-0.05, 0) is 33.9 Å². The molecule has 4 nitrogen and oxygen atoms in total. The molecule has 0 spiro atoms. The van der Waals surface area contributed by atoms with Gasteiger partial charge in [0.25, 0.3) is 0 Å². The van der Waals surface area contributed by atoms with Gasteiger partial charge in [0.15, 0.2) is 0 Å². The van der Waals surface area contributed by atoms with E-state index >= 15 is 0 Å². The van der Waals surface area contributed by atoms with Crippen molar-refractivity contribution in [2.75, 3.05) is 33.5 Å². The first-order chi connectivity index (χ1) is 8.39. The van der Waals surface area contributed by atoms with E-state index in [9.17, 15) is 4.11 Å². The van der Waals surface area contributed by atoms with Crippen molar-refractivity contribution in [2.45, 2.75) is 45.4 Å². The fourth-order valence-corrected chi connectivity index (χ4v) is 3.91. The highest BCUT2D eigenvalue weighted by molar-refractivity contribution is 6.73. The molecule has 0 radical (unpaired) electrons. The van der Waals surface area contributed by atoms with E-state index < -0.39 is 19.9 Å².